The van der Waals surface area contributed by atoms with Gasteiger partial charge in [0.05, 0.1) is 21.5 Å². The van der Waals surface area contributed by atoms with Crippen molar-refractivity contribution in [3.05, 3.63) is 44.0 Å². The van der Waals surface area contributed by atoms with Crippen molar-refractivity contribution in [2.45, 2.75) is 26.2 Å². The van der Waals surface area contributed by atoms with E-state index < -0.39 is 27.1 Å². The molecule has 21 heavy (non-hydrogen) atoms. The zero-order chi connectivity index (χ0) is 15.8. The highest BCUT2D eigenvalue weighted by Crippen LogP contribution is 2.22. The number of rotatable bonds is 7. The molecular weight excluding hydrogens is 280 g/mol. The van der Waals surface area contributed by atoms with E-state index in [1.165, 1.54) is 6.21 Å². The summed E-state index contributed by atoms with van der Waals surface area (Å²) in [5, 5.41) is 25.1. The zero-order valence-corrected chi connectivity index (χ0v) is 11.3. The first-order valence-corrected chi connectivity index (χ1v) is 6.21. The quantitative estimate of drug-likeness (QED) is 0.357. The SMILES string of the molecule is CCCCC=NNC(=O)c1cc([N+](=O)[O-])cc([N+](=O)[O-])c1. The highest BCUT2D eigenvalue weighted by molar-refractivity contribution is 5.95. The van der Waals surface area contributed by atoms with Gasteiger partial charge in [0.15, 0.2) is 0 Å². The number of carbonyl (C=O) groups excluding carboxylic acids is 1. The molecule has 0 heterocycles. The molecule has 1 amide bonds. The van der Waals surface area contributed by atoms with Crippen LogP contribution in [0.3, 0.4) is 0 Å². The smallest absolute Gasteiger partial charge is 0.267 e. The molecule has 9 heteroatoms. The third-order valence-electron chi connectivity index (χ3n) is 2.53. The summed E-state index contributed by atoms with van der Waals surface area (Å²) in [5.41, 5.74) is 0.937. The van der Waals surface area contributed by atoms with Gasteiger partial charge in [-0.1, -0.05) is 13.3 Å². The fourth-order valence-electron chi connectivity index (χ4n) is 1.47. The predicted octanol–water partition coefficient (Wildman–Crippen LogP) is 2.41. The van der Waals surface area contributed by atoms with E-state index in [1.807, 2.05) is 6.92 Å². The fourth-order valence-corrected chi connectivity index (χ4v) is 1.47. The van der Waals surface area contributed by atoms with Gasteiger partial charge in [-0.05, 0) is 12.8 Å². The fraction of sp³-hybridized carbons (Fsp3) is 0.333. The molecule has 0 aliphatic rings. The number of unbranched alkanes of at least 4 members (excludes halogenated alkanes) is 2. The maximum Gasteiger partial charge on any atom is 0.277 e. The number of hydrogen-bond donors (Lipinski definition) is 1. The minimum atomic E-state index is -0.797. The lowest BCUT2D eigenvalue weighted by Crippen LogP contribution is -2.17. The Hall–Kier alpha value is -2.84. The summed E-state index contributed by atoms with van der Waals surface area (Å²) in [4.78, 5) is 31.6. The van der Waals surface area contributed by atoms with Gasteiger partial charge in [0.1, 0.15) is 0 Å². The van der Waals surface area contributed by atoms with Crippen LogP contribution in [0.4, 0.5) is 11.4 Å². The summed E-state index contributed by atoms with van der Waals surface area (Å²) in [6, 6.07) is 2.72. The number of nitro benzene ring substituents is 2. The van der Waals surface area contributed by atoms with E-state index in [1.54, 1.807) is 0 Å². The highest BCUT2D eigenvalue weighted by Gasteiger charge is 2.19. The van der Waals surface area contributed by atoms with Gasteiger partial charge in [0, 0.05) is 18.3 Å². The number of nitro groups is 2. The molecule has 1 N–H and O–H groups in total. The van der Waals surface area contributed by atoms with Crippen molar-refractivity contribution in [2.75, 3.05) is 0 Å². The van der Waals surface area contributed by atoms with Crippen LogP contribution in [-0.2, 0) is 0 Å². The summed E-state index contributed by atoms with van der Waals surface area (Å²) in [6.45, 7) is 2.01. The van der Waals surface area contributed by atoms with E-state index in [0.29, 0.717) is 6.42 Å². The Labute approximate surface area is 120 Å². The molecule has 1 rings (SSSR count). The summed E-state index contributed by atoms with van der Waals surface area (Å²) in [5.74, 6) is -0.741. The van der Waals surface area contributed by atoms with E-state index in [0.717, 1.165) is 31.0 Å². The number of amides is 1. The Balaban J connectivity index is 2.90. The summed E-state index contributed by atoms with van der Waals surface area (Å²) >= 11 is 0. The second-order valence-electron chi connectivity index (χ2n) is 4.15. The lowest BCUT2D eigenvalue weighted by Gasteiger charge is -2.00. The minimum absolute atomic E-state index is 0.191. The molecule has 0 aliphatic carbocycles. The van der Waals surface area contributed by atoms with E-state index >= 15 is 0 Å². The van der Waals surface area contributed by atoms with Crippen molar-refractivity contribution in [3.8, 4) is 0 Å². The first-order valence-electron chi connectivity index (χ1n) is 6.21. The normalized spacial score (nSPS) is 10.5. The topological polar surface area (TPSA) is 128 Å². The molecule has 0 fully saturated rings. The van der Waals surface area contributed by atoms with Crippen molar-refractivity contribution in [1.29, 1.82) is 0 Å². The number of carbonyl (C=O) groups is 1. The van der Waals surface area contributed by atoms with Crippen LogP contribution < -0.4 is 5.43 Å². The number of nitrogens with zero attached hydrogens (tertiary/aromatic N) is 3. The van der Waals surface area contributed by atoms with Crippen molar-refractivity contribution >= 4 is 23.5 Å². The van der Waals surface area contributed by atoms with Crippen molar-refractivity contribution in [3.63, 3.8) is 0 Å². The van der Waals surface area contributed by atoms with Gasteiger partial charge < -0.3 is 0 Å². The molecule has 1 aromatic carbocycles. The molecular formula is C12H14N4O5. The predicted molar refractivity (Wildman–Crippen MR) is 75.2 cm³/mol. The molecule has 0 aliphatic heterocycles. The van der Waals surface area contributed by atoms with Gasteiger partial charge in [-0.3, -0.25) is 25.0 Å². The lowest BCUT2D eigenvalue weighted by atomic mass is 10.1. The standard InChI is InChI=1S/C12H14N4O5/c1-2-3-4-5-13-14-12(17)9-6-10(15(18)19)8-11(7-9)16(20)21/h5-8H,2-4H2,1H3,(H,14,17). The molecule has 0 bridgehead atoms. The van der Waals surface area contributed by atoms with Crippen molar-refractivity contribution < 1.29 is 14.6 Å². The maximum absolute atomic E-state index is 11.8. The summed E-state index contributed by atoms with van der Waals surface area (Å²) < 4.78 is 0. The Morgan fingerprint density at radius 3 is 2.29 bits per heavy atom. The van der Waals surface area contributed by atoms with Gasteiger partial charge in [-0.15, -0.1) is 0 Å². The Morgan fingerprint density at radius 2 is 1.81 bits per heavy atom. The maximum atomic E-state index is 11.8. The first kappa shape index (κ1) is 16.2. The molecule has 0 aromatic heterocycles. The number of hydrogen-bond acceptors (Lipinski definition) is 6. The van der Waals surface area contributed by atoms with Crippen LogP contribution in [0.2, 0.25) is 0 Å². The Bertz CT molecular complexity index is 553. The zero-order valence-electron chi connectivity index (χ0n) is 11.3. The lowest BCUT2D eigenvalue weighted by molar-refractivity contribution is -0.394. The molecule has 0 spiro atoms. The van der Waals surface area contributed by atoms with Crippen molar-refractivity contribution in [2.24, 2.45) is 5.10 Å². The highest BCUT2D eigenvalue weighted by atomic mass is 16.6. The van der Waals surface area contributed by atoms with Gasteiger partial charge in [-0.2, -0.15) is 5.10 Å². The average Bonchev–Trinajstić information content (AvgIpc) is 2.46. The molecule has 0 atom stereocenters. The summed E-state index contributed by atoms with van der Waals surface area (Å²) in [7, 11) is 0. The van der Waals surface area contributed by atoms with Crippen LogP contribution >= 0.6 is 0 Å². The minimum Gasteiger partial charge on any atom is -0.267 e. The van der Waals surface area contributed by atoms with Crippen LogP contribution in [0, 0.1) is 20.2 Å². The van der Waals surface area contributed by atoms with E-state index in [2.05, 4.69) is 10.5 Å². The molecule has 0 saturated heterocycles. The van der Waals surface area contributed by atoms with Crippen LogP contribution in [0.1, 0.15) is 36.5 Å². The molecule has 9 nitrogen and oxygen atoms in total. The van der Waals surface area contributed by atoms with Gasteiger partial charge >= 0.3 is 0 Å². The average molecular weight is 294 g/mol. The van der Waals surface area contributed by atoms with Gasteiger partial charge in [-0.25, -0.2) is 5.43 Å². The van der Waals surface area contributed by atoms with Crippen LogP contribution in [0.5, 0.6) is 0 Å². The molecule has 0 saturated carbocycles. The first-order chi connectivity index (χ1) is 9.95. The third-order valence-corrected chi connectivity index (χ3v) is 2.53. The van der Waals surface area contributed by atoms with E-state index in [4.69, 9.17) is 0 Å². The monoisotopic (exact) mass is 294 g/mol. The Morgan fingerprint density at radius 1 is 1.24 bits per heavy atom. The second-order valence-corrected chi connectivity index (χ2v) is 4.15. The molecule has 0 radical (unpaired) electrons. The molecule has 1 aromatic rings. The largest absolute Gasteiger partial charge is 0.277 e. The molecule has 112 valence electrons. The number of benzene rings is 1. The second kappa shape index (κ2) is 7.68. The van der Waals surface area contributed by atoms with Crippen LogP contribution in [-0.4, -0.2) is 22.0 Å². The van der Waals surface area contributed by atoms with Gasteiger partial charge in [0.2, 0.25) is 0 Å². The van der Waals surface area contributed by atoms with E-state index in [-0.39, 0.29) is 5.56 Å². The molecule has 0 unspecified atom stereocenters. The third kappa shape index (κ3) is 4.97. The summed E-state index contributed by atoms with van der Waals surface area (Å²) in [6.07, 6.45) is 4.09. The van der Waals surface area contributed by atoms with Crippen LogP contribution in [0.15, 0.2) is 23.3 Å². The number of non-ortho nitro benzene ring substituents is 2. The van der Waals surface area contributed by atoms with Crippen molar-refractivity contribution in [1.82, 2.24) is 5.43 Å². The number of hydrazone groups is 1. The Kier molecular flexibility index (Phi) is 5.93. The van der Waals surface area contributed by atoms with Gasteiger partial charge in [0.25, 0.3) is 17.3 Å². The number of nitrogens with one attached hydrogen (secondary N) is 1. The van der Waals surface area contributed by atoms with E-state index in [9.17, 15) is 25.0 Å². The van der Waals surface area contributed by atoms with Crippen LogP contribution in [0.25, 0.3) is 0 Å².